The quantitative estimate of drug-likeness (QED) is 0.510. The Morgan fingerprint density at radius 1 is 1.80 bits per heavy atom. The number of likely N-dealkylation sites (tertiary alicyclic amines) is 1. The van der Waals surface area contributed by atoms with Crippen LogP contribution in [0, 0.1) is 11.3 Å². The summed E-state index contributed by atoms with van der Waals surface area (Å²) in [5.74, 6) is -0.107. The molecule has 1 aliphatic rings. The van der Waals surface area contributed by atoms with Crippen molar-refractivity contribution in [1.29, 1.82) is 5.26 Å². The van der Waals surface area contributed by atoms with E-state index in [1.165, 1.54) is 0 Å². The van der Waals surface area contributed by atoms with Gasteiger partial charge in [0.2, 0.25) is 5.91 Å². The van der Waals surface area contributed by atoms with E-state index in [4.69, 9.17) is 11.0 Å². The molecular formula is C6H9N3O. The SMILES string of the molecule is N#CCC(=O)N1CC(N)C1. The number of hydrogen-bond donors (Lipinski definition) is 1. The number of carbonyl (C=O) groups excluding carboxylic acids is 1. The highest BCUT2D eigenvalue weighted by Gasteiger charge is 2.26. The molecule has 1 heterocycles. The summed E-state index contributed by atoms with van der Waals surface area (Å²) in [6.45, 7) is 1.22. The molecule has 0 atom stereocenters. The van der Waals surface area contributed by atoms with E-state index in [0.717, 1.165) is 0 Å². The van der Waals surface area contributed by atoms with Crippen LogP contribution >= 0.6 is 0 Å². The third-order valence-electron chi connectivity index (χ3n) is 1.49. The molecule has 4 heteroatoms. The second-order valence-corrected chi connectivity index (χ2v) is 2.39. The van der Waals surface area contributed by atoms with Crippen molar-refractivity contribution in [3.8, 4) is 6.07 Å². The van der Waals surface area contributed by atoms with Gasteiger partial charge in [-0.05, 0) is 0 Å². The van der Waals surface area contributed by atoms with Gasteiger partial charge in [0.25, 0.3) is 0 Å². The second-order valence-electron chi connectivity index (χ2n) is 2.39. The van der Waals surface area contributed by atoms with E-state index in [0.29, 0.717) is 13.1 Å². The third kappa shape index (κ3) is 1.25. The Labute approximate surface area is 59.2 Å². The highest BCUT2D eigenvalue weighted by molar-refractivity contribution is 5.79. The van der Waals surface area contributed by atoms with Crippen LogP contribution in [0.2, 0.25) is 0 Å². The molecule has 1 aliphatic heterocycles. The highest BCUT2D eigenvalue weighted by atomic mass is 16.2. The minimum absolute atomic E-state index is 0.0211. The lowest BCUT2D eigenvalue weighted by Gasteiger charge is -2.36. The van der Waals surface area contributed by atoms with Crippen LogP contribution in [0.3, 0.4) is 0 Å². The van der Waals surface area contributed by atoms with Crippen LogP contribution < -0.4 is 5.73 Å². The number of nitriles is 1. The fourth-order valence-corrected chi connectivity index (χ4v) is 0.896. The standard InChI is InChI=1S/C6H9N3O/c7-2-1-6(10)9-3-5(8)4-9/h5H,1,3-4,8H2. The van der Waals surface area contributed by atoms with Crippen LogP contribution in [0.4, 0.5) is 0 Å². The van der Waals surface area contributed by atoms with E-state index < -0.39 is 0 Å². The predicted molar refractivity (Wildman–Crippen MR) is 34.8 cm³/mol. The number of nitrogens with zero attached hydrogens (tertiary/aromatic N) is 2. The van der Waals surface area contributed by atoms with E-state index in [1.54, 1.807) is 11.0 Å². The number of amides is 1. The first-order valence-corrected chi connectivity index (χ1v) is 3.14. The Balaban J connectivity index is 2.26. The van der Waals surface area contributed by atoms with E-state index >= 15 is 0 Å². The number of rotatable bonds is 1. The van der Waals surface area contributed by atoms with Gasteiger partial charge in [-0.15, -0.1) is 0 Å². The van der Waals surface area contributed by atoms with E-state index in [2.05, 4.69) is 0 Å². The summed E-state index contributed by atoms with van der Waals surface area (Å²) in [6, 6.07) is 1.93. The molecule has 1 saturated heterocycles. The zero-order valence-corrected chi connectivity index (χ0v) is 5.58. The predicted octanol–water partition coefficient (Wildman–Crippen LogP) is -0.930. The highest BCUT2D eigenvalue weighted by Crippen LogP contribution is 2.06. The molecular weight excluding hydrogens is 130 g/mol. The van der Waals surface area contributed by atoms with Gasteiger partial charge in [0.15, 0.2) is 0 Å². The molecule has 0 spiro atoms. The van der Waals surface area contributed by atoms with Crippen molar-refractivity contribution in [2.24, 2.45) is 5.73 Å². The summed E-state index contributed by atoms with van der Waals surface area (Å²) in [4.78, 5) is 12.4. The normalized spacial score (nSPS) is 17.8. The van der Waals surface area contributed by atoms with Gasteiger partial charge in [0.05, 0.1) is 6.07 Å². The first-order valence-electron chi connectivity index (χ1n) is 3.14. The monoisotopic (exact) mass is 139 g/mol. The molecule has 10 heavy (non-hydrogen) atoms. The van der Waals surface area contributed by atoms with Crippen molar-refractivity contribution in [2.45, 2.75) is 12.5 Å². The maximum atomic E-state index is 10.8. The van der Waals surface area contributed by atoms with Crippen LogP contribution in [0.1, 0.15) is 6.42 Å². The molecule has 1 rings (SSSR count). The smallest absolute Gasteiger partial charge is 0.236 e. The lowest BCUT2D eigenvalue weighted by Crippen LogP contribution is -2.57. The molecule has 0 bridgehead atoms. The van der Waals surface area contributed by atoms with Crippen LogP contribution in [0.15, 0.2) is 0 Å². The minimum Gasteiger partial charge on any atom is -0.339 e. The van der Waals surface area contributed by atoms with Gasteiger partial charge in [-0.1, -0.05) is 0 Å². The topological polar surface area (TPSA) is 70.1 Å². The number of carbonyl (C=O) groups is 1. The van der Waals surface area contributed by atoms with Gasteiger partial charge in [0, 0.05) is 19.1 Å². The van der Waals surface area contributed by atoms with Gasteiger partial charge >= 0.3 is 0 Å². The van der Waals surface area contributed by atoms with Gasteiger partial charge < -0.3 is 10.6 Å². The first kappa shape index (κ1) is 7.03. The van der Waals surface area contributed by atoms with Gasteiger partial charge in [-0.2, -0.15) is 5.26 Å². The Kier molecular flexibility index (Phi) is 1.88. The fraction of sp³-hybridized carbons (Fsp3) is 0.667. The Bertz CT molecular complexity index is 178. The molecule has 4 nitrogen and oxygen atoms in total. The van der Waals surface area contributed by atoms with E-state index in [-0.39, 0.29) is 18.4 Å². The van der Waals surface area contributed by atoms with Gasteiger partial charge in [-0.3, -0.25) is 4.79 Å². The molecule has 1 fully saturated rings. The van der Waals surface area contributed by atoms with E-state index in [9.17, 15) is 4.79 Å². The maximum absolute atomic E-state index is 10.8. The number of hydrogen-bond acceptors (Lipinski definition) is 3. The Morgan fingerprint density at radius 3 is 2.80 bits per heavy atom. The Morgan fingerprint density at radius 2 is 2.40 bits per heavy atom. The average Bonchev–Trinajstić information content (AvgIpc) is 1.82. The van der Waals surface area contributed by atoms with Crippen LogP contribution in [-0.2, 0) is 4.79 Å². The van der Waals surface area contributed by atoms with Crippen molar-refractivity contribution in [1.82, 2.24) is 4.90 Å². The molecule has 0 aromatic heterocycles. The number of nitrogens with two attached hydrogens (primary N) is 1. The summed E-state index contributed by atoms with van der Waals surface area (Å²) >= 11 is 0. The van der Waals surface area contributed by atoms with Crippen molar-refractivity contribution in [3.05, 3.63) is 0 Å². The van der Waals surface area contributed by atoms with Crippen molar-refractivity contribution < 1.29 is 4.79 Å². The van der Waals surface area contributed by atoms with E-state index in [1.807, 2.05) is 0 Å². The first-order chi connectivity index (χ1) is 4.74. The van der Waals surface area contributed by atoms with Crippen LogP contribution in [0.25, 0.3) is 0 Å². The molecule has 0 aromatic rings. The van der Waals surface area contributed by atoms with Gasteiger partial charge in [0.1, 0.15) is 6.42 Å². The molecule has 0 saturated carbocycles. The average molecular weight is 139 g/mol. The van der Waals surface area contributed by atoms with Gasteiger partial charge in [-0.25, -0.2) is 0 Å². The molecule has 54 valence electrons. The minimum atomic E-state index is -0.107. The third-order valence-corrected chi connectivity index (χ3v) is 1.49. The van der Waals surface area contributed by atoms with Crippen molar-refractivity contribution >= 4 is 5.91 Å². The summed E-state index contributed by atoms with van der Waals surface area (Å²) in [5.41, 5.74) is 5.43. The summed E-state index contributed by atoms with van der Waals surface area (Å²) in [5, 5.41) is 8.14. The molecule has 0 aromatic carbocycles. The Hall–Kier alpha value is -1.08. The molecule has 2 N–H and O–H groups in total. The maximum Gasteiger partial charge on any atom is 0.236 e. The molecule has 1 amide bonds. The largest absolute Gasteiger partial charge is 0.339 e. The van der Waals surface area contributed by atoms with Crippen molar-refractivity contribution in [2.75, 3.05) is 13.1 Å². The lowest BCUT2D eigenvalue weighted by molar-refractivity contribution is -0.134. The molecule has 0 unspecified atom stereocenters. The van der Waals surface area contributed by atoms with Crippen LogP contribution in [-0.4, -0.2) is 29.9 Å². The molecule has 0 aliphatic carbocycles. The zero-order valence-electron chi connectivity index (χ0n) is 5.58. The van der Waals surface area contributed by atoms with Crippen molar-refractivity contribution in [3.63, 3.8) is 0 Å². The molecule has 0 radical (unpaired) electrons. The lowest BCUT2D eigenvalue weighted by atomic mass is 10.1. The summed E-state index contributed by atoms with van der Waals surface area (Å²) in [6.07, 6.45) is -0.0211. The zero-order chi connectivity index (χ0) is 7.56. The van der Waals surface area contributed by atoms with Crippen LogP contribution in [0.5, 0.6) is 0 Å². The summed E-state index contributed by atoms with van der Waals surface area (Å²) < 4.78 is 0. The fourth-order valence-electron chi connectivity index (χ4n) is 0.896. The summed E-state index contributed by atoms with van der Waals surface area (Å²) in [7, 11) is 0. The second kappa shape index (κ2) is 2.67.